The number of rotatable bonds is 6. The second kappa shape index (κ2) is 8.33. The van der Waals surface area contributed by atoms with Crippen LogP contribution >= 0.6 is 0 Å². The Kier molecular flexibility index (Phi) is 5.87. The number of nitrogens with zero attached hydrogens (tertiary/aromatic N) is 1. The van der Waals surface area contributed by atoms with Crippen molar-refractivity contribution in [1.82, 2.24) is 10.2 Å². The fourth-order valence-corrected chi connectivity index (χ4v) is 3.64. The van der Waals surface area contributed by atoms with Crippen LogP contribution in [-0.4, -0.2) is 37.0 Å². The molecule has 1 aliphatic rings. The number of amides is 2. The number of carbonyl (C=O) groups excluding carboxylic acids is 2. The third-order valence-electron chi connectivity index (χ3n) is 4.98. The van der Waals surface area contributed by atoms with Gasteiger partial charge in [0.1, 0.15) is 6.04 Å². The quantitative estimate of drug-likeness (QED) is 0.834. The lowest BCUT2D eigenvalue weighted by atomic mass is 9.90. The monoisotopic (exact) mass is 382 g/mol. The van der Waals surface area contributed by atoms with Crippen LogP contribution in [0.15, 0.2) is 42.5 Å². The first-order valence-electron chi connectivity index (χ1n) is 9.33. The maximum atomic E-state index is 13.1. The van der Waals surface area contributed by atoms with E-state index in [1.54, 1.807) is 25.2 Å². The summed E-state index contributed by atoms with van der Waals surface area (Å²) in [6, 6.07) is 12.5. The molecule has 6 heteroatoms. The molecule has 2 aromatic rings. The van der Waals surface area contributed by atoms with Gasteiger partial charge in [0.2, 0.25) is 11.8 Å². The predicted octanol–water partition coefficient (Wildman–Crippen LogP) is 2.85. The number of hydrogen-bond acceptors (Lipinski definition) is 4. The van der Waals surface area contributed by atoms with E-state index in [0.29, 0.717) is 24.5 Å². The van der Waals surface area contributed by atoms with Crippen molar-refractivity contribution in [2.45, 2.75) is 38.9 Å². The highest BCUT2D eigenvalue weighted by Crippen LogP contribution is 2.32. The minimum Gasteiger partial charge on any atom is -0.493 e. The number of benzene rings is 2. The third-order valence-corrected chi connectivity index (χ3v) is 4.98. The number of methoxy groups -OCH3 is 2. The SMILES string of the molecule is COc1ccc(CNC(=O)[C@H]2c3ccccc3CC(=O)N2C(C)C)cc1OC. The lowest BCUT2D eigenvalue weighted by Crippen LogP contribution is -2.50. The first kappa shape index (κ1) is 19.7. The van der Waals surface area contributed by atoms with Gasteiger partial charge in [-0.3, -0.25) is 9.59 Å². The minimum absolute atomic E-state index is 0.0278. The summed E-state index contributed by atoms with van der Waals surface area (Å²) in [6.45, 7) is 4.19. The molecule has 148 valence electrons. The van der Waals surface area contributed by atoms with Crippen molar-refractivity contribution >= 4 is 11.8 Å². The molecule has 6 nitrogen and oxygen atoms in total. The molecule has 1 aliphatic heterocycles. The fourth-order valence-electron chi connectivity index (χ4n) is 3.64. The molecule has 0 saturated carbocycles. The Hall–Kier alpha value is -3.02. The van der Waals surface area contributed by atoms with E-state index in [-0.39, 0.29) is 17.9 Å². The van der Waals surface area contributed by atoms with Gasteiger partial charge in [0.15, 0.2) is 11.5 Å². The Morgan fingerprint density at radius 3 is 2.54 bits per heavy atom. The molecule has 1 N–H and O–H groups in total. The largest absolute Gasteiger partial charge is 0.493 e. The van der Waals surface area contributed by atoms with Gasteiger partial charge in [0.25, 0.3) is 0 Å². The topological polar surface area (TPSA) is 67.9 Å². The first-order chi connectivity index (χ1) is 13.5. The maximum Gasteiger partial charge on any atom is 0.247 e. The number of hydrogen-bond donors (Lipinski definition) is 1. The zero-order valence-electron chi connectivity index (χ0n) is 16.7. The molecular weight excluding hydrogens is 356 g/mol. The van der Waals surface area contributed by atoms with Gasteiger partial charge >= 0.3 is 0 Å². The standard InChI is InChI=1S/C22H26N2O4/c1-14(2)24-20(25)12-16-7-5-6-8-17(16)21(24)22(26)23-13-15-9-10-18(27-3)19(11-15)28-4/h5-11,14,21H,12-13H2,1-4H3,(H,23,26)/t21-/m1/s1. The number of fused-ring (bicyclic) bond motifs is 1. The molecule has 0 spiro atoms. The van der Waals surface area contributed by atoms with Crippen LogP contribution in [0.4, 0.5) is 0 Å². The average molecular weight is 382 g/mol. The van der Waals surface area contributed by atoms with Crippen molar-refractivity contribution in [3.63, 3.8) is 0 Å². The van der Waals surface area contributed by atoms with Gasteiger partial charge in [-0.1, -0.05) is 30.3 Å². The van der Waals surface area contributed by atoms with E-state index in [4.69, 9.17) is 9.47 Å². The highest BCUT2D eigenvalue weighted by atomic mass is 16.5. The molecule has 1 heterocycles. The van der Waals surface area contributed by atoms with E-state index in [0.717, 1.165) is 16.7 Å². The van der Waals surface area contributed by atoms with E-state index in [1.807, 2.05) is 50.2 Å². The third kappa shape index (κ3) is 3.81. The molecule has 28 heavy (non-hydrogen) atoms. The van der Waals surface area contributed by atoms with Gasteiger partial charge in [-0.15, -0.1) is 0 Å². The Balaban J connectivity index is 1.83. The summed E-state index contributed by atoms with van der Waals surface area (Å²) in [6.07, 6.45) is 0.327. The summed E-state index contributed by atoms with van der Waals surface area (Å²) in [4.78, 5) is 27.4. The van der Waals surface area contributed by atoms with Crippen LogP contribution in [-0.2, 0) is 22.6 Å². The van der Waals surface area contributed by atoms with Gasteiger partial charge in [-0.25, -0.2) is 0 Å². The summed E-state index contributed by atoms with van der Waals surface area (Å²) >= 11 is 0. The molecule has 0 saturated heterocycles. The molecule has 2 amide bonds. The molecule has 0 fully saturated rings. The van der Waals surface area contributed by atoms with Crippen LogP contribution in [0.2, 0.25) is 0 Å². The minimum atomic E-state index is -0.627. The van der Waals surface area contributed by atoms with Crippen molar-refractivity contribution in [3.05, 3.63) is 59.2 Å². The molecule has 0 aliphatic carbocycles. The van der Waals surface area contributed by atoms with Crippen LogP contribution in [0.5, 0.6) is 11.5 Å². The smallest absolute Gasteiger partial charge is 0.247 e. The second-order valence-electron chi connectivity index (χ2n) is 7.08. The lowest BCUT2D eigenvalue weighted by Gasteiger charge is -2.39. The summed E-state index contributed by atoms with van der Waals surface area (Å²) in [5.74, 6) is 1.02. The van der Waals surface area contributed by atoms with E-state index < -0.39 is 6.04 Å². The molecule has 2 aromatic carbocycles. The van der Waals surface area contributed by atoms with Gasteiger partial charge in [0.05, 0.1) is 20.6 Å². The first-order valence-corrected chi connectivity index (χ1v) is 9.33. The van der Waals surface area contributed by atoms with Crippen molar-refractivity contribution in [2.75, 3.05) is 14.2 Å². The van der Waals surface area contributed by atoms with E-state index in [1.165, 1.54) is 0 Å². The maximum absolute atomic E-state index is 13.1. The Bertz CT molecular complexity index is 879. The summed E-state index contributed by atoms with van der Waals surface area (Å²) in [5.41, 5.74) is 2.69. The summed E-state index contributed by atoms with van der Waals surface area (Å²) in [5, 5.41) is 2.97. The van der Waals surface area contributed by atoms with Crippen molar-refractivity contribution in [3.8, 4) is 11.5 Å². The van der Waals surface area contributed by atoms with Gasteiger partial charge in [-0.2, -0.15) is 0 Å². The highest BCUT2D eigenvalue weighted by molar-refractivity contribution is 5.92. The zero-order chi connectivity index (χ0) is 20.3. The van der Waals surface area contributed by atoms with Gasteiger partial charge in [-0.05, 0) is 42.7 Å². The number of ether oxygens (including phenoxy) is 2. The van der Waals surface area contributed by atoms with Crippen molar-refractivity contribution < 1.29 is 19.1 Å². The van der Waals surface area contributed by atoms with E-state index in [2.05, 4.69) is 5.32 Å². The van der Waals surface area contributed by atoms with Crippen LogP contribution in [0.3, 0.4) is 0 Å². The number of carbonyl (C=O) groups is 2. The molecule has 0 bridgehead atoms. The normalized spacial score (nSPS) is 16.0. The summed E-state index contributed by atoms with van der Waals surface area (Å²) in [7, 11) is 3.16. The molecule has 3 rings (SSSR count). The molecule has 1 atom stereocenters. The molecular formula is C22H26N2O4. The van der Waals surface area contributed by atoms with Crippen LogP contribution < -0.4 is 14.8 Å². The predicted molar refractivity (Wildman–Crippen MR) is 106 cm³/mol. The van der Waals surface area contributed by atoms with Crippen LogP contribution in [0.1, 0.15) is 36.6 Å². The molecule has 0 radical (unpaired) electrons. The highest BCUT2D eigenvalue weighted by Gasteiger charge is 2.38. The number of nitrogens with one attached hydrogen (secondary N) is 1. The van der Waals surface area contributed by atoms with Crippen molar-refractivity contribution in [1.29, 1.82) is 0 Å². The Morgan fingerprint density at radius 1 is 1.14 bits per heavy atom. The van der Waals surface area contributed by atoms with Gasteiger partial charge in [0, 0.05) is 12.6 Å². The van der Waals surface area contributed by atoms with E-state index >= 15 is 0 Å². The van der Waals surface area contributed by atoms with Crippen molar-refractivity contribution in [2.24, 2.45) is 0 Å². The zero-order valence-corrected chi connectivity index (χ0v) is 16.7. The van der Waals surface area contributed by atoms with Crippen LogP contribution in [0, 0.1) is 0 Å². The molecule has 0 unspecified atom stereocenters. The average Bonchev–Trinajstić information content (AvgIpc) is 2.70. The molecule has 0 aromatic heterocycles. The Morgan fingerprint density at radius 2 is 1.86 bits per heavy atom. The van der Waals surface area contributed by atoms with E-state index in [9.17, 15) is 9.59 Å². The second-order valence-corrected chi connectivity index (χ2v) is 7.08. The fraction of sp³-hybridized carbons (Fsp3) is 0.364. The van der Waals surface area contributed by atoms with Crippen LogP contribution in [0.25, 0.3) is 0 Å². The summed E-state index contributed by atoms with van der Waals surface area (Å²) < 4.78 is 10.6. The lowest BCUT2D eigenvalue weighted by molar-refractivity contribution is -0.143. The van der Waals surface area contributed by atoms with Gasteiger partial charge < -0.3 is 19.7 Å². The Labute approximate surface area is 165 Å².